The highest BCUT2D eigenvalue weighted by Crippen LogP contribution is 2.33. The maximum atomic E-state index is 12.7. The molecule has 1 aromatic rings. The highest BCUT2D eigenvalue weighted by atomic mass is 32.2. The number of carbonyl (C=O) groups is 1. The van der Waals surface area contributed by atoms with E-state index in [2.05, 4.69) is 43.0 Å². The zero-order valence-electron chi connectivity index (χ0n) is 14.7. The largest absolute Gasteiger partial charge is 0.376 e. The first-order chi connectivity index (χ1) is 12.1. The number of amides is 1. The van der Waals surface area contributed by atoms with Crippen molar-refractivity contribution < 1.29 is 9.53 Å². The molecule has 2 aliphatic heterocycles. The number of nitrogens with zero attached hydrogens (tertiary/aromatic N) is 2. The highest BCUT2D eigenvalue weighted by molar-refractivity contribution is 8.26. The van der Waals surface area contributed by atoms with Gasteiger partial charge in [0, 0.05) is 25.4 Å². The molecule has 0 saturated carbocycles. The molecule has 4 nitrogen and oxygen atoms in total. The van der Waals surface area contributed by atoms with Crippen LogP contribution in [0, 0.1) is 0 Å². The molecule has 25 heavy (non-hydrogen) atoms. The summed E-state index contributed by atoms with van der Waals surface area (Å²) >= 11 is 6.78. The summed E-state index contributed by atoms with van der Waals surface area (Å²) in [5.41, 5.74) is 2.22. The van der Waals surface area contributed by atoms with Gasteiger partial charge in [-0.15, -0.1) is 0 Å². The molecule has 2 fully saturated rings. The second kappa shape index (κ2) is 8.34. The maximum Gasteiger partial charge on any atom is 0.266 e. The van der Waals surface area contributed by atoms with Crippen molar-refractivity contribution in [3.8, 4) is 0 Å². The van der Waals surface area contributed by atoms with E-state index in [1.54, 1.807) is 4.90 Å². The van der Waals surface area contributed by atoms with E-state index in [4.69, 9.17) is 17.0 Å². The molecule has 134 valence electrons. The highest BCUT2D eigenvalue weighted by Gasteiger charge is 2.34. The van der Waals surface area contributed by atoms with Gasteiger partial charge < -0.3 is 9.64 Å². The molecule has 0 aromatic heterocycles. The standard InChI is InChI=1S/C19H24N2O2S2/c1-3-20(4-2)15-9-7-14(8-10-15)12-17-18(22)21(19(24)25-17)13-16-6-5-11-23-16/h7-10,12,16H,3-6,11,13H2,1-2H3. The summed E-state index contributed by atoms with van der Waals surface area (Å²) in [7, 11) is 0. The Bertz CT molecular complexity index is 663. The molecule has 3 rings (SSSR count). The molecule has 0 bridgehead atoms. The van der Waals surface area contributed by atoms with Crippen molar-refractivity contribution in [2.45, 2.75) is 32.8 Å². The summed E-state index contributed by atoms with van der Waals surface area (Å²) in [6, 6.07) is 8.32. The first-order valence-corrected chi connectivity index (χ1v) is 10.1. The minimum Gasteiger partial charge on any atom is -0.376 e. The lowest BCUT2D eigenvalue weighted by atomic mass is 10.1. The molecule has 2 heterocycles. The number of thiocarbonyl (C=S) groups is 1. The molecule has 0 radical (unpaired) electrons. The minimum absolute atomic E-state index is 0.00156. The number of carbonyl (C=O) groups excluding carboxylic acids is 1. The molecule has 0 aliphatic carbocycles. The van der Waals surface area contributed by atoms with E-state index >= 15 is 0 Å². The Morgan fingerprint density at radius 3 is 2.64 bits per heavy atom. The predicted molar refractivity (Wildman–Crippen MR) is 109 cm³/mol. The van der Waals surface area contributed by atoms with Crippen molar-refractivity contribution in [2.75, 3.05) is 31.1 Å². The number of thioether (sulfide) groups is 1. The summed E-state index contributed by atoms with van der Waals surface area (Å²) in [6.45, 7) is 7.63. The van der Waals surface area contributed by atoms with Crippen molar-refractivity contribution in [1.29, 1.82) is 0 Å². The third-order valence-electron chi connectivity index (χ3n) is 4.60. The van der Waals surface area contributed by atoms with Gasteiger partial charge in [0.2, 0.25) is 0 Å². The average molecular weight is 377 g/mol. The average Bonchev–Trinajstić information content (AvgIpc) is 3.22. The van der Waals surface area contributed by atoms with E-state index in [0.717, 1.165) is 38.1 Å². The zero-order valence-corrected chi connectivity index (χ0v) is 16.4. The van der Waals surface area contributed by atoms with Crippen molar-refractivity contribution >= 4 is 46.0 Å². The van der Waals surface area contributed by atoms with Crippen molar-refractivity contribution in [3.63, 3.8) is 0 Å². The molecule has 6 heteroatoms. The first-order valence-electron chi connectivity index (χ1n) is 8.84. The van der Waals surface area contributed by atoms with Gasteiger partial charge >= 0.3 is 0 Å². The van der Waals surface area contributed by atoms with Crippen LogP contribution in [0.3, 0.4) is 0 Å². The molecule has 1 amide bonds. The van der Waals surface area contributed by atoms with Gasteiger partial charge in [-0.1, -0.05) is 36.1 Å². The monoisotopic (exact) mass is 376 g/mol. The number of benzene rings is 1. The van der Waals surface area contributed by atoms with Gasteiger partial charge in [0.25, 0.3) is 5.91 Å². The van der Waals surface area contributed by atoms with E-state index in [9.17, 15) is 4.79 Å². The number of hydrogen-bond donors (Lipinski definition) is 0. The van der Waals surface area contributed by atoms with Crippen LogP contribution >= 0.6 is 24.0 Å². The molecule has 2 saturated heterocycles. The normalized spacial score (nSPS) is 22.2. The van der Waals surface area contributed by atoms with Crippen LogP contribution in [0.2, 0.25) is 0 Å². The second-order valence-corrected chi connectivity index (χ2v) is 7.87. The van der Waals surface area contributed by atoms with E-state index < -0.39 is 0 Å². The van der Waals surface area contributed by atoms with E-state index in [-0.39, 0.29) is 12.0 Å². The van der Waals surface area contributed by atoms with Gasteiger partial charge in [0.05, 0.1) is 17.6 Å². The van der Waals surface area contributed by atoms with Gasteiger partial charge in [-0.05, 0) is 50.5 Å². The third-order valence-corrected chi connectivity index (χ3v) is 5.98. The lowest BCUT2D eigenvalue weighted by molar-refractivity contribution is -0.123. The predicted octanol–water partition coefficient (Wildman–Crippen LogP) is 3.91. The second-order valence-electron chi connectivity index (χ2n) is 6.19. The Morgan fingerprint density at radius 2 is 2.04 bits per heavy atom. The molecule has 0 spiro atoms. The lowest BCUT2D eigenvalue weighted by Gasteiger charge is -2.20. The summed E-state index contributed by atoms with van der Waals surface area (Å²) in [5, 5.41) is 0. The molecule has 1 atom stereocenters. The van der Waals surface area contributed by atoms with Crippen LogP contribution < -0.4 is 4.90 Å². The SMILES string of the molecule is CCN(CC)c1ccc(C=C2SC(=S)N(CC3CCCO3)C2=O)cc1. The van der Waals surface area contributed by atoms with Crippen molar-refractivity contribution in [1.82, 2.24) is 4.90 Å². The van der Waals surface area contributed by atoms with Crippen LogP contribution in [0.5, 0.6) is 0 Å². The number of hydrogen-bond acceptors (Lipinski definition) is 5. The van der Waals surface area contributed by atoms with Crippen LogP contribution in [0.15, 0.2) is 29.2 Å². The Hall–Kier alpha value is -1.37. The first kappa shape index (κ1) is 18.4. The Morgan fingerprint density at radius 1 is 1.32 bits per heavy atom. The quantitative estimate of drug-likeness (QED) is 0.555. The number of ether oxygens (including phenoxy) is 1. The van der Waals surface area contributed by atoms with Gasteiger partial charge in [-0.3, -0.25) is 9.69 Å². The zero-order chi connectivity index (χ0) is 17.8. The van der Waals surface area contributed by atoms with Gasteiger partial charge in [-0.2, -0.15) is 0 Å². The van der Waals surface area contributed by atoms with E-state index in [1.165, 1.54) is 17.4 Å². The van der Waals surface area contributed by atoms with Crippen LogP contribution in [0.4, 0.5) is 5.69 Å². The summed E-state index contributed by atoms with van der Waals surface area (Å²) in [6.07, 6.45) is 4.12. The molecular formula is C19H24N2O2S2. The maximum absolute atomic E-state index is 12.7. The molecule has 1 unspecified atom stereocenters. The summed E-state index contributed by atoms with van der Waals surface area (Å²) < 4.78 is 6.27. The topological polar surface area (TPSA) is 32.8 Å². The van der Waals surface area contributed by atoms with Crippen LogP contribution in [-0.2, 0) is 9.53 Å². The number of anilines is 1. The fraction of sp³-hybridized carbons (Fsp3) is 0.474. The van der Waals surface area contributed by atoms with E-state index in [1.807, 2.05) is 6.08 Å². The van der Waals surface area contributed by atoms with Crippen LogP contribution in [0.25, 0.3) is 6.08 Å². The van der Waals surface area contributed by atoms with Crippen LogP contribution in [-0.4, -0.2) is 47.5 Å². The Balaban J connectivity index is 1.70. The number of rotatable bonds is 6. The molecule has 0 N–H and O–H groups in total. The molecular weight excluding hydrogens is 352 g/mol. The fourth-order valence-electron chi connectivity index (χ4n) is 3.17. The molecule has 1 aromatic carbocycles. The fourth-order valence-corrected chi connectivity index (χ4v) is 4.45. The van der Waals surface area contributed by atoms with Crippen LogP contribution in [0.1, 0.15) is 32.3 Å². The summed E-state index contributed by atoms with van der Waals surface area (Å²) in [4.78, 5) is 17.3. The Labute approximate surface area is 159 Å². The minimum atomic E-state index is -0.00156. The third kappa shape index (κ3) is 4.25. The summed E-state index contributed by atoms with van der Waals surface area (Å²) in [5.74, 6) is -0.00156. The Kier molecular flexibility index (Phi) is 6.15. The van der Waals surface area contributed by atoms with Gasteiger partial charge in [0.15, 0.2) is 0 Å². The smallest absolute Gasteiger partial charge is 0.266 e. The van der Waals surface area contributed by atoms with Crippen molar-refractivity contribution in [2.24, 2.45) is 0 Å². The molecule has 2 aliphatic rings. The van der Waals surface area contributed by atoms with E-state index in [0.29, 0.717) is 15.8 Å². The van der Waals surface area contributed by atoms with Crippen molar-refractivity contribution in [3.05, 3.63) is 34.7 Å². The van der Waals surface area contributed by atoms with Gasteiger partial charge in [0.1, 0.15) is 4.32 Å². The van der Waals surface area contributed by atoms with Gasteiger partial charge in [-0.25, -0.2) is 0 Å². The lowest BCUT2D eigenvalue weighted by Crippen LogP contribution is -2.35.